The number of nitrogens with zero attached hydrogens (tertiary/aromatic N) is 2. The van der Waals surface area contributed by atoms with Crippen molar-refractivity contribution in [1.29, 1.82) is 0 Å². The van der Waals surface area contributed by atoms with Gasteiger partial charge in [0.05, 0.1) is 21.0 Å². The molecule has 1 aliphatic heterocycles. The van der Waals surface area contributed by atoms with E-state index in [1.807, 2.05) is 0 Å². The maximum Gasteiger partial charge on any atom is 0.0787 e. The standard InChI is InChI=1S/C21H21N2P/c1-22-20(17-11-5-2-6-12-17)21(18-13-7-3-8-14-18)23(24-22)19-15-9-4-10-16-19/h2-16,20-21,24H,1H3/t20-,21-/m1/s1. The maximum atomic E-state index is 2.53. The number of anilines is 1. The fraction of sp³-hybridized carbons (Fsp3) is 0.143. The van der Waals surface area contributed by atoms with Crippen molar-refractivity contribution in [2.24, 2.45) is 0 Å². The van der Waals surface area contributed by atoms with Crippen LogP contribution in [0.15, 0.2) is 91.0 Å². The van der Waals surface area contributed by atoms with Crippen molar-refractivity contribution in [3.8, 4) is 0 Å². The van der Waals surface area contributed by atoms with Gasteiger partial charge in [0.1, 0.15) is 0 Å². The van der Waals surface area contributed by atoms with Crippen molar-refractivity contribution in [1.82, 2.24) is 4.67 Å². The first-order chi connectivity index (χ1) is 11.8. The van der Waals surface area contributed by atoms with Gasteiger partial charge >= 0.3 is 0 Å². The van der Waals surface area contributed by atoms with Crippen LogP contribution in [0.1, 0.15) is 23.2 Å². The van der Waals surface area contributed by atoms with Gasteiger partial charge in [-0.1, -0.05) is 78.9 Å². The van der Waals surface area contributed by atoms with E-state index < -0.39 is 0 Å². The minimum atomic E-state index is 0.319. The highest BCUT2D eigenvalue weighted by atomic mass is 31.1. The largest absolute Gasteiger partial charge is 0.331 e. The second-order valence-electron chi connectivity index (χ2n) is 6.13. The van der Waals surface area contributed by atoms with Gasteiger partial charge in [-0.2, -0.15) is 0 Å². The minimum absolute atomic E-state index is 0.319. The second-order valence-corrected chi connectivity index (χ2v) is 7.51. The zero-order chi connectivity index (χ0) is 16.4. The molecule has 0 saturated carbocycles. The van der Waals surface area contributed by atoms with Gasteiger partial charge in [0.25, 0.3) is 0 Å². The van der Waals surface area contributed by atoms with Gasteiger partial charge in [0, 0.05) is 5.69 Å². The quantitative estimate of drug-likeness (QED) is 0.590. The van der Waals surface area contributed by atoms with E-state index >= 15 is 0 Å². The lowest BCUT2D eigenvalue weighted by molar-refractivity contribution is 0.394. The Kier molecular flexibility index (Phi) is 4.34. The molecule has 0 amide bonds. The molecule has 0 aliphatic carbocycles. The predicted octanol–water partition coefficient (Wildman–Crippen LogP) is 5.43. The van der Waals surface area contributed by atoms with Crippen LogP contribution in [-0.2, 0) is 0 Å². The third-order valence-corrected chi connectivity index (χ3v) is 5.92. The van der Waals surface area contributed by atoms with Crippen molar-refractivity contribution in [3.05, 3.63) is 102 Å². The van der Waals surface area contributed by atoms with E-state index in [4.69, 9.17) is 0 Å². The Morgan fingerprint density at radius 3 is 1.62 bits per heavy atom. The van der Waals surface area contributed by atoms with Gasteiger partial charge in [-0.3, -0.25) is 4.67 Å². The molecule has 1 unspecified atom stereocenters. The molecular formula is C21H21N2P. The molecule has 1 heterocycles. The average molecular weight is 332 g/mol. The molecule has 1 saturated heterocycles. The Morgan fingerprint density at radius 1 is 0.625 bits per heavy atom. The van der Waals surface area contributed by atoms with Gasteiger partial charge < -0.3 is 4.67 Å². The van der Waals surface area contributed by atoms with Gasteiger partial charge in [-0.05, 0) is 30.3 Å². The number of para-hydroxylation sites is 1. The van der Waals surface area contributed by atoms with Crippen molar-refractivity contribution in [3.63, 3.8) is 0 Å². The number of hydrogen-bond donors (Lipinski definition) is 0. The molecule has 0 bridgehead atoms. The topological polar surface area (TPSA) is 6.48 Å². The molecule has 1 fully saturated rings. The molecular weight excluding hydrogens is 311 g/mol. The van der Waals surface area contributed by atoms with Crippen LogP contribution in [0, 0.1) is 0 Å². The number of likely N-dealkylation sites (N-methyl/N-ethyl adjacent to an activating group) is 1. The second kappa shape index (κ2) is 6.76. The van der Waals surface area contributed by atoms with Gasteiger partial charge in [0.2, 0.25) is 0 Å². The van der Waals surface area contributed by atoms with Crippen LogP contribution >= 0.6 is 8.88 Å². The van der Waals surface area contributed by atoms with Crippen LogP contribution in [0.3, 0.4) is 0 Å². The Bertz CT molecular complexity index is 777. The average Bonchev–Trinajstić information content (AvgIpc) is 3.01. The fourth-order valence-corrected chi connectivity index (χ4v) is 4.93. The van der Waals surface area contributed by atoms with E-state index in [1.54, 1.807) is 0 Å². The van der Waals surface area contributed by atoms with E-state index in [-0.39, 0.29) is 0 Å². The van der Waals surface area contributed by atoms with Crippen molar-refractivity contribution < 1.29 is 0 Å². The van der Waals surface area contributed by atoms with Crippen LogP contribution in [0.4, 0.5) is 5.69 Å². The lowest BCUT2D eigenvalue weighted by atomic mass is 9.93. The molecule has 120 valence electrons. The Morgan fingerprint density at radius 2 is 1.08 bits per heavy atom. The summed E-state index contributed by atoms with van der Waals surface area (Å²) in [5.74, 6) is 0. The molecule has 3 aromatic carbocycles. The maximum absolute atomic E-state index is 2.53. The molecule has 1 aliphatic rings. The van der Waals surface area contributed by atoms with Crippen LogP contribution in [0.2, 0.25) is 0 Å². The lowest BCUT2D eigenvalue weighted by Gasteiger charge is -2.29. The monoisotopic (exact) mass is 332 g/mol. The number of hydrogen-bond acceptors (Lipinski definition) is 2. The first-order valence-electron chi connectivity index (χ1n) is 8.28. The van der Waals surface area contributed by atoms with Gasteiger partial charge in [-0.15, -0.1) is 0 Å². The molecule has 24 heavy (non-hydrogen) atoms. The summed E-state index contributed by atoms with van der Waals surface area (Å²) in [5, 5.41) is 0. The SMILES string of the molecule is CN1PN(c2ccccc2)[C@H](c2ccccc2)[C@H]1c1ccccc1. The summed E-state index contributed by atoms with van der Waals surface area (Å²) in [4.78, 5) is 0. The first kappa shape index (κ1) is 15.4. The van der Waals surface area contributed by atoms with Crippen molar-refractivity contribution in [2.75, 3.05) is 11.7 Å². The molecule has 3 aromatic rings. The van der Waals surface area contributed by atoms with E-state index in [9.17, 15) is 0 Å². The minimum Gasteiger partial charge on any atom is -0.331 e. The Hall–Kier alpha value is -2.15. The molecule has 4 rings (SSSR count). The summed E-state index contributed by atoms with van der Waals surface area (Å²) < 4.78 is 5.01. The summed E-state index contributed by atoms with van der Waals surface area (Å²) in [6, 6.07) is 33.2. The molecule has 0 radical (unpaired) electrons. The Labute approximate surface area is 145 Å². The molecule has 0 N–H and O–H groups in total. The zero-order valence-corrected chi connectivity index (χ0v) is 14.7. The predicted molar refractivity (Wildman–Crippen MR) is 103 cm³/mol. The summed E-state index contributed by atoms with van der Waals surface area (Å²) in [6.07, 6.45) is 0. The van der Waals surface area contributed by atoms with E-state index in [2.05, 4.69) is 107 Å². The normalized spacial score (nSPS) is 22.1. The zero-order valence-electron chi connectivity index (χ0n) is 13.7. The van der Waals surface area contributed by atoms with E-state index in [1.165, 1.54) is 16.8 Å². The molecule has 3 heteroatoms. The lowest BCUT2D eigenvalue weighted by Crippen LogP contribution is -2.22. The highest BCUT2D eigenvalue weighted by Gasteiger charge is 2.40. The van der Waals surface area contributed by atoms with Crippen LogP contribution in [0.5, 0.6) is 0 Å². The third kappa shape index (κ3) is 2.84. The van der Waals surface area contributed by atoms with Crippen LogP contribution in [0.25, 0.3) is 0 Å². The molecule has 3 atom stereocenters. The highest BCUT2D eigenvalue weighted by Crippen LogP contribution is 2.55. The Balaban J connectivity index is 1.81. The highest BCUT2D eigenvalue weighted by molar-refractivity contribution is 7.37. The van der Waals surface area contributed by atoms with E-state index in [0.717, 1.165) is 0 Å². The molecule has 0 aromatic heterocycles. The molecule has 0 spiro atoms. The summed E-state index contributed by atoms with van der Waals surface area (Å²) >= 11 is 0. The van der Waals surface area contributed by atoms with Gasteiger partial charge in [0.15, 0.2) is 0 Å². The summed E-state index contributed by atoms with van der Waals surface area (Å²) in [5.41, 5.74) is 4.03. The van der Waals surface area contributed by atoms with E-state index in [0.29, 0.717) is 21.0 Å². The summed E-state index contributed by atoms with van der Waals surface area (Å²) in [7, 11) is 2.86. The fourth-order valence-electron chi connectivity index (χ4n) is 3.49. The number of rotatable bonds is 3. The van der Waals surface area contributed by atoms with Crippen molar-refractivity contribution in [2.45, 2.75) is 12.1 Å². The van der Waals surface area contributed by atoms with Crippen LogP contribution in [-0.4, -0.2) is 11.7 Å². The third-order valence-electron chi connectivity index (χ3n) is 4.58. The molecule has 2 nitrogen and oxygen atoms in total. The number of benzene rings is 3. The van der Waals surface area contributed by atoms with Crippen LogP contribution < -0.4 is 4.67 Å². The smallest absolute Gasteiger partial charge is 0.0787 e. The first-order valence-corrected chi connectivity index (χ1v) is 9.17. The van der Waals surface area contributed by atoms with Gasteiger partial charge in [-0.25, -0.2) is 0 Å². The summed E-state index contributed by atoms with van der Waals surface area (Å²) in [6.45, 7) is 0. The van der Waals surface area contributed by atoms with Crippen molar-refractivity contribution >= 4 is 14.6 Å².